The smallest absolute Gasteiger partial charge is 0.0275 e. The van der Waals surface area contributed by atoms with Gasteiger partial charge in [-0.05, 0) is 32.5 Å². The highest BCUT2D eigenvalue weighted by molar-refractivity contribution is 5.08. The predicted octanol–water partition coefficient (Wildman–Crippen LogP) is 1.18. The molecule has 13 heavy (non-hydrogen) atoms. The van der Waals surface area contributed by atoms with E-state index in [1.807, 2.05) is 12.4 Å². The number of rotatable bonds is 4. The molecule has 3 N–H and O–H groups in total. The average Bonchev–Trinajstić information content (AvgIpc) is 2.57. The quantitative estimate of drug-likeness (QED) is 0.732. The zero-order valence-electron chi connectivity index (χ0n) is 8.67. The normalized spacial score (nSPS) is 12.4. The van der Waals surface area contributed by atoms with Gasteiger partial charge in [-0.25, -0.2) is 0 Å². The van der Waals surface area contributed by atoms with Crippen LogP contribution in [0.4, 0.5) is 0 Å². The molecule has 0 aliphatic carbocycles. The lowest BCUT2D eigenvalue weighted by atomic mass is 10.0. The van der Waals surface area contributed by atoms with E-state index in [9.17, 15) is 0 Å². The number of likely N-dealkylation sites (N-methyl/N-ethyl adjacent to an activating group) is 1. The molecule has 0 unspecified atom stereocenters. The highest BCUT2D eigenvalue weighted by Crippen LogP contribution is 2.13. The van der Waals surface area contributed by atoms with Gasteiger partial charge in [0.15, 0.2) is 0 Å². The number of hydrogen-bond donors (Lipinski definition) is 2. The number of aromatic nitrogens is 1. The maximum Gasteiger partial charge on any atom is 0.0275 e. The fourth-order valence-electron chi connectivity index (χ4n) is 1.10. The molecule has 0 amide bonds. The summed E-state index contributed by atoms with van der Waals surface area (Å²) in [6.07, 6.45) is 3.96. The number of aromatic amines is 1. The van der Waals surface area contributed by atoms with Crippen LogP contribution in [-0.2, 0) is 6.54 Å². The molecule has 0 bridgehead atoms. The van der Waals surface area contributed by atoms with Gasteiger partial charge in [0.25, 0.3) is 0 Å². The maximum absolute atomic E-state index is 5.69. The van der Waals surface area contributed by atoms with Crippen molar-refractivity contribution < 1.29 is 0 Å². The molecule has 3 heteroatoms. The van der Waals surface area contributed by atoms with Crippen LogP contribution in [0.2, 0.25) is 0 Å². The molecule has 0 aromatic carbocycles. The molecule has 0 atom stereocenters. The second kappa shape index (κ2) is 3.94. The summed E-state index contributed by atoms with van der Waals surface area (Å²) in [7, 11) is 2.10. The molecule has 1 aromatic heterocycles. The minimum absolute atomic E-state index is 0.0667. The Kier molecular flexibility index (Phi) is 3.12. The molecule has 0 aliphatic heterocycles. The summed E-state index contributed by atoms with van der Waals surface area (Å²) in [4.78, 5) is 5.31. The molecular formula is C10H19N3. The zero-order valence-corrected chi connectivity index (χ0v) is 8.67. The van der Waals surface area contributed by atoms with E-state index in [4.69, 9.17) is 5.73 Å². The molecular weight excluding hydrogens is 162 g/mol. The topological polar surface area (TPSA) is 45.0 Å². The van der Waals surface area contributed by atoms with Crippen molar-refractivity contribution in [2.45, 2.75) is 25.9 Å². The van der Waals surface area contributed by atoms with E-state index in [2.05, 4.69) is 36.8 Å². The van der Waals surface area contributed by atoms with Crippen LogP contribution < -0.4 is 5.73 Å². The van der Waals surface area contributed by atoms with Crippen molar-refractivity contribution in [2.75, 3.05) is 13.6 Å². The van der Waals surface area contributed by atoms with Crippen LogP contribution in [0, 0.1) is 0 Å². The third-order valence-electron chi connectivity index (χ3n) is 2.62. The molecule has 0 spiro atoms. The molecule has 0 radical (unpaired) electrons. The first-order chi connectivity index (χ1) is 6.06. The van der Waals surface area contributed by atoms with Gasteiger partial charge < -0.3 is 10.7 Å². The third kappa shape index (κ3) is 2.57. The number of nitrogens with two attached hydrogens (primary N) is 1. The first-order valence-corrected chi connectivity index (χ1v) is 4.59. The largest absolute Gasteiger partial charge is 0.367 e. The van der Waals surface area contributed by atoms with Gasteiger partial charge in [0.1, 0.15) is 0 Å². The van der Waals surface area contributed by atoms with Gasteiger partial charge in [-0.15, -0.1) is 0 Å². The highest BCUT2D eigenvalue weighted by atomic mass is 15.2. The second-order valence-electron chi connectivity index (χ2n) is 4.09. The lowest BCUT2D eigenvalue weighted by Crippen LogP contribution is -2.46. The first-order valence-electron chi connectivity index (χ1n) is 4.59. The fraction of sp³-hybridized carbons (Fsp3) is 0.600. The summed E-state index contributed by atoms with van der Waals surface area (Å²) in [6.45, 7) is 5.92. The Morgan fingerprint density at radius 1 is 1.54 bits per heavy atom. The number of nitrogens with one attached hydrogen (secondary N) is 1. The minimum Gasteiger partial charge on any atom is -0.367 e. The Morgan fingerprint density at radius 3 is 2.69 bits per heavy atom. The molecule has 1 heterocycles. The van der Waals surface area contributed by atoms with Crippen LogP contribution in [0.25, 0.3) is 0 Å². The van der Waals surface area contributed by atoms with Crippen LogP contribution in [0.5, 0.6) is 0 Å². The van der Waals surface area contributed by atoms with Crippen LogP contribution >= 0.6 is 0 Å². The van der Waals surface area contributed by atoms with Crippen LogP contribution in [0.3, 0.4) is 0 Å². The van der Waals surface area contributed by atoms with Crippen molar-refractivity contribution >= 4 is 0 Å². The average molecular weight is 181 g/mol. The van der Waals surface area contributed by atoms with Crippen LogP contribution in [0.15, 0.2) is 18.5 Å². The van der Waals surface area contributed by atoms with Gasteiger partial charge in [-0.1, -0.05) is 0 Å². The van der Waals surface area contributed by atoms with Gasteiger partial charge in [0.05, 0.1) is 0 Å². The lowest BCUT2D eigenvalue weighted by molar-refractivity contribution is 0.156. The molecule has 0 aliphatic rings. The molecule has 0 fully saturated rings. The van der Waals surface area contributed by atoms with Gasteiger partial charge in [-0.2, -0.15) is 0 Å². The van der Waals surface area contributed by atoms with E-state index in [0.717, 1.165) is 6.54 Å². The highest BCUT2D eigenvalue weighted by Gasteiger charge is 2.21. The molecule has 0 saturated heterocycles. The van der Waals surface area contributed by atoms with E-state index in [-0.39, 0.29) is 5.54 Å². The van der Waals surface area contributed by atoms with E-state index in [1.165, 1.54) is 5.56 Å². The number of hydrogen-bond acceptors (Lipinski definition) is 2. The van der Waals surface area contributed by atoms with Crippen molar-refractivity contribution in [3.05, 3.63) is 24.0 Å². The summed E-state index contributed by atoms with van der Waals surface area (Å²) < 4.78 is 0. The Bertz CT molecular complexity index is 239. The Hall–Kier alpha value is -0.800. The van der Waals surface area contributed by atoms with E-state index < -0.39 is 0 Å². The van der Waals surface area contributed by atoms with Crippen molar-refractivity contribution in [1.29, 1.82) is 0 Å². The van der Waals surface area contributed by atoms with E-state index in [0.29, 0.717) is 6.54 Å². The molecule has 0 saturated carbocycles. The molecule has 1 aromatic rings. The zero-order chi connectivity index (χ0) is 9.90. The van der Waals surface area contributed by atoms with Crippen molar-refractivity contribution in [1.82, 2.24) is 9.88 Å². The number of H-pyrrole nitrogens is 1. The third-order valence-corrected chi connectivity index (χ3v) is 2.62. The predicted molar refractivity (Wildman–Crippen MR) is 55.4 cm³/mol. The molecule has 3 nitrogen and oxygen atoms in total. The van der Waals surface area contributed by atoms with E-state index in [1.54, 1.807) is 0 Å². The summed E-state index contributed by atoms with van der Waals surface area (Å²) in [5, 5.41) is 0. The first kappa shape index (κ1) is 10.3. The summed E-state index contributed by atoms with van der Waals surface area (Å²) in [5.74, 6) is 0. The van der Waals surface area contributed by atoms with E-state index >= 15 is 0 Å². The minimum atomic E-state index is 0.0667. The monoisotopic (exact) mass is 181 g/mol. The van der Waals surface area contributed by atoms with Gasteiger partial charge in [0.2, 0.25) is 0 Å². The Morgan fingerprint density at radius 2 is 2.23 bits per heavy atom. The summed E-state index contributed by atoms with van der Waals surface area (Å²) in [6, 6.07) is 2.09. The van der Waals surface area contributed by atoms with Gasteiger partial charge in [0, 0.05) is 31.0 Å². The standard InChI is InChI=1S/C10H19N3/c1-10(2,8-11)13(3)7-9-4-5-12-6-9/h4-6,12H,7-8,11H2,1-3H3. The van der Waals surface area contributed by atoms with Crippen LogP contribution in [0.1, 0.15) is 19.4 Å². The maximum atomic E-state index is 5.69. The Labute approximate surface area is 79.9 Å². The van der Waals surface area contributed by atoms with Gasteiger partial charge in [-0.3, -0.25) is 4.90 Å². The van der Waals surface area contributed by atoms with Crippen molar-refractivity contribution in [2.24, 2.45) is 5.73 Å². The second-order valence-corrected chi connectivity index (χ2v) is 4.09. The van der Waals surface area contributed by atoms with Crippen LogP contribution in [-0.4, -0.2) is 29.0 Å². The van der Waals surface area contributed by atoms with Crippen molar-refractivity contribution in [3.63, 3.8) is 0 Å². The fourth-order valence-corrected chi connectivity index (χ4v) is 1.10. The molecule has 1 rings (SSSR count). The number of nitrogens with zero attached hydrogens (tertiary/aromatic N) is 1. The van der Waals surface area contributed by atoms with Gasteiger partial charge >= 0.3 is 0 Å². The molecule has 74 valence electrons. The Balaban J connectivity index is 2.55. The van der Waals surface area contributed by atoms with Crippen molar-refractivity contribution in [3.8, 4) is 0 Å². The summed E-state index contributed by atoms with van der Waals surface area (Å²) in [5.41, 5.74) is 7.05. The summed E-state index contributed by atoms with van der Waals surface area (Å²) >= 11 is 0. The SMILES string of the molecule is CN(Cc1cc[nH]c1)C(C)(C)CN. The lowest BCUT2D eigenvalue weighted by Gasteiger charge is -2.34.